The molecule has 0 bridgehead atoms. The van der Waals surface area contributed by atoms with E-state index < -0.39 is 29.1 Å². The predicted octanol–water partition coefficient (Wildman–Crippen LogP) is 6.66. The summed E-state index contributed by atoms with van der Waals surface area (Å²) in [5.41, 5.74) is -0.541. The molecule has 3 aromatic heterocycles. The van der Waals surface area contributed by atoms with E-state index in [1.807, 2.05) is 0 Å². The third-order valence-corrected chi connectivity index (χ3v) is 5.14. The molecule has 3 aromatic rings. The van der Waals surface area contributed by atoms with Gasteiger partial charge in [-0.3, -0.25) is 10.3 Å². The fourth-order valence-corrected chi connectivity index (χ4v) is 3.36. The summed E-state index contributed by atoms with van der Waals surface area (Å²) in [6.07, 6.45) is 4.70. The maximum Gasteiger partial charge on any atom is 0.413 e. The van der Waals surface area contributed by atoms with Crippen LogP contribution in [0.3, 0.4) is 0 Å². The second-order valence-electron chi connectivity index (χ2n) is 10.5. The van der Waals surface area contributed by atoms with E-state index in [1.165, 1.54) is 24.8 Å². The standard InChI is InChI=1S/C27H30ClFN4O5/c1-15-16(11-30-14-20(15)36-21-9-8-17(28)12-31-21)10-18-19(24(34)37-26(2,3)4)13-32-23(22(18)29)33-25(35)38-27(5,6)7/h8-9,11-14H,10H2,1-7H3,(H,32,33,35). The number of ether oxygens (including phenoxy) is 3. The van der Waals surface area contributed by atoms with Crippen molar-refractivity contribution in [2.45, 2.75) is 66.1 Å². The Hall–Kier alpha value is -3.79. The summed E-state index contributed by atoms with van der Waals surface area (Å²) >= 11 is 5.89. The minimum atomic E-state index is -0.899. The Balaban J connectivity index is 2.01. The molecule has 3 rings (SSSR count). The van der Waals surface area contributed by atoms with Crippen molar-refractivity contribution in [2.75, 3.05) is 5.32 Å². The second kappa shape index (κ2) is 11.3. The Morgan fingerprint density at radius 3 is 2.26 bits per heavy atom. The zero-order chi connectivity index (χ0) is 28.3. The molecule has 38 heavy (non-hydrogen) atoms. The van der Waals surface area contributed by atoms with E-state index in [9.17, 15) is 9.59 Å². The maximum absolute atomic E-state index is 15.8. The Bertz CT molecular complexity index is 1340. The summed E-state index contributed by atoms with van der Waals surface area (Å²) in [7, 11) is 0. The highest BCUT2D eigenvalue weighted by Gasteiger charge is 2.27. The molecule has 0 aromatic carbocycles. The highest BCUT2D eigenvalue weighted by atomic mass is 35.5. The molecule has 9 nitrogen and oxygen atoms in total. The van der Waals surface area contributed by atoms with Gasteiger partial charge in [-0.15, -0.1) is 0 Å². The van der Waals surface area contributed by atoms with Crippen LogP contribution in [0.1, 0.15) is 68.6 Å². The van der Waals surface area contributed by atoms with Gasteiger partial charge in [0, 0.05) is 36.6 Å². The van der Waals surface area contributed by atoms with E-state index >= 15 is 4.39 Å². The van der Waals surface area contributed by atoms with Gasteiger partial charge < -0.3 is 14.2 Å². The van der Waals surface area contributed by atoms with Gasteiger partial charge in [0.1, 0.15) is 11.2 Å². The van der Waals surface area contributed by atoms with E-state index in [2.05, 4.69) is 20.3 Å². The molecule has 0 saturated carbocycles. The summed E-state index contributed by atoms with van der Waals surface area (Å²) in [5.74, 6) is -1.36. The van der Waals surface area contributed by atoms with Gasteiger partial charge >= 0.3 is 12.1 Å². The van der Waals surface area contributed by atoms with Gasteiger partial charge in [-0.2, -0.15) is 0 Å². The Morgan fingerprint density at radius 2 is 1.66 bits per heavy atom. The fourth-order valence-electron chi connectivity index (χ4n) is 3.25. The van der Waals surface area contributed by atoms with Crippen molar-refractivity contribution in [3.63, 3.8) is 0 Å². The number of nitrogens with zero attached hydrogens (tertiary/aromatic N) is 3. The largest absolute Gasteiger partial charge is 0.456 e. The van der Waals surface area contributed by atoms with Crippen molar-refractivity contribution in [2.24, 2.45) is 0 Å². The van der Waals surface area contributed by atoms with Crippen molar-refractivity contribution in [1.82, 2.24) is 15.0 Å². The van der Waals surface area contributed by atoms with E-state index in [-0.39, 0.29) is 23.4 Å². The first kappa shape index (κ1) is 28.8. The molecule has 1 amide bonds. The number of carbonyl (C=O) groups excluding carboxylic acids is 2. The molecule has 0 radical (unpaired) electrons. The highest BCUT2D eigenvalue weighted by molar-refractivity contribution is 6.30. The van der Waals surface area contributed by atoms with Crippen molar-refractivity contribution in [1.29, 1.82) is 0 Å². The molecule has 11 heteroatoms. The monoisotopic (exact) mass is 544 g/mol. The van der Waals surface area contributed by atoms with Crippen LogP contribution in [0.15, 0.2) is 36.9 Å². The molecule has 202 valence electrons. The van der Waals surface area contributed by atoms with Crippen LogP contribution in [0.5, 0.6) is 11.6 Å². The summed E-state index contributed by atoms with van der Waals surface area (Å²) < 4.78 is 32.3. The zero-order valence-electron chi connectivity index (χ0n) is 22.3. The van der Waals surface area contributed by atoms with Crippen LogP contribution < -0.4 is 10.1 Å². The van der Waals surface area contributed by atoms with Gasteiger partial charge in [-0.25, -0.2) is 23.9 Å². The predicted molar refractivity (Wildman–Crippen MR) is 140 cm³/mol. The van der Waals surface area contributed by atoms with Gasteiger partial charge in [-0.05, 0) is 65.7 Å². The number of pyridine rings is 3. The number of halogens is 2. The summed E-state index contributed by atoms with van der Waals surface area (Å²) in [6.45, 7) is 11.9. The molecule has 0 aliphatic heterocycles. The van der Waals surface area contributed by atoms with E-state index in [0.29, 0.717) is 27.8 Å². The lowest BCUT2D eigenvalue weighted by Crippen LogP contribution is -2.28. The van der Waals surface area contributed by atoms with Crippen LogP contribution in [-0.2, 0) is 15.9 Å². The molecular weight excluding hydrogens is 515 g/mol. The number of anilines is 1. The first-order valence-corrected chi connectivity index (χ1v) is 12.1. The smallest absolute Gasteiger partial charge is 0.413 e. The van der Waals surface area contributed by atoms with Crippen molar-refractivity contribution in [3.8, 4) is 11.6 Å². The van der Waals surface area contributed by atoms with Gasteiger partial charge in [0.2, 0.25) is 5.88 Å². The maximum atomic E-state index is 15.8. The number of rotatable bonds is 6. The first-order chi connectivity index (χ1) is 17.6. The molecule has 0 fully saturated rings. The lowest BCUT2D eigenvalue weighted by Gasteiger charge is -2.22. The Morgan fingerprint density at radius 1 is 0.974 bits per heavy atom. The summed E-state index contributed by atoms with van der Waals surface area (Å²) in [4.78, 5) is 37.5. The third-order valence-electron chi connectivity index (χ3n) is 4.91. The lowest BCUT2D eigenvalue weighted by molar-refractivity contribution is 0.00672. The Labute approximate surface area is 225 Å². The van der Waals surface area contributed by atoms with Crippen LogP contribution in [0.25, 0.3) is 0 Å². The van der Waals surface area contributed by atoms with Gasteiger partial charge in [-0.1, -0.05) is 11.6 Å². The summed E-state index contributed by atoms with van der Waals surface area (Å²) in [5, 5.41) is 2.77. The van der Waals surface area contributed by atoms with E-state index in [0.717, 1.165) is 0 Å². The van der Waals surface area contributed by atoms with Crippen molar-refractivity contribution in [3.05, 3.63) is 70.0 Å². The van der Waals surface area contributed by atoms with Crippen LogP contribution in [0.4, 0.5) is 15.0 Å². The number of esters is 1. The highest BCUT2D eigenvalue weighted by Crippen LogP contribution is 2.30. The first-order valence-electron chi connectivity index (χ1n) is 11.8. The quantitative estimate of drug-likeness (QED) is 0.343. The molecule has 0 aliphatic carbocycles. The van der Waals surface area contributed by atoms with Crippen LogP contribution >= 0.6 is 11.6 Å². The molecule has 0 atom stereocenters. The van der Waals surface area contributed by atoms with Gasteiger partial charge in [0.15, 0.2) is 17.4 Å². The zero-order valence-corrected chi connectivity index (χ0v) is 23.1. The molecule has 0 spiro atoms. The number of aromatic nitrogens is 3. The minimum absolute atomic E-state index is 0.0352. The molecule has 0 aliphatic rings. The average Bonchev–Trinajstić information content (AvgIpc) is 2.78. The van der Waals surface area contributed by atoms with Crippen LogP contribution in [0.2, 0.25) is 5.02 Å². The normalized spacial score (nSPS) is 11.6. The van der Waals surface area contributed by atoms with Crippen LogP contribution in [-0.4, -0.2) is 38.2 Å². The SMILES string of the molecule is Cc1c(Cc2c(C(=O)OC(C)(C)C)cnc(NC(=O)OC(C)(C)C)c2F)cncc1Oc1ccc(Cl)cn1. The number of nitrogens with one attached hydrogen (secondary N) is 1. The van der Waals surface area contributed by atoms with Gasteiger partial charge in [0.05, 0.1) is 16.8 Å². The van der Waals surface area contributed by atoms with E-state index in [1.54, 1.807) is 60.6 Å². The minimum Gasteiger partial charge on any atom is -0.456 e. The van der Waals surface area contributed by atoms with Crippen LogP contribution in [0, 0.1) is 12.7 Å². The number of amides is 1. The average molecular weight is 545 g/mol. The molecule has 0 unspecified atom stereocenters. The molecule has 0 saturated heterocycles. The number of carbonyl (C=O) groups is 2. The molecule has 3 heterocycles. The van der Waals surface area contributed by atoms with Gasteiger partial charge in [0.25, 0.3) is 0 Å². The third kappa shape index (κ3) is 7.85. The summed E-state index contributed by atoms with van der Waals surface area (Å²) in [6, 6.07) is 3.24. The van der Waals surface area contributed by atoms with Crippen molar-refractivity contribution >= 4 is 29.5 Å². The second-order valence-corrected chi connectivity index (χ2v) is 10.9. The number of hydrogen-bond acceptors (Lipinski definition) is 8. The van der Waals surface area contributed by atoms with Crippen molar-refractivity contribution < 1.29 is 28.2 Å². The molecular formula is C27H30ClFN4O5. The number of hydrogen-bond donors (Lipinski definition) is 1. The van der Waals surface area contributed by atoms with E-state index in [4.69, 9.17) is 25.8 Å². The lowest BCUT2D eigenvalue weighted by atomic mass is 9.98. The topological polar surface area (TPSA) is 113 Å². The Kier molecular flexibility index (Phi) is 8.56. The fraction of sp³-hybridized carbons (Fsp3) is 0.370. The molecule has 1 N–H and O–H groups in total.